The molecular weight excluding hydrogens is 279 g/mol. The monoisotopic (exact) mass is 290 g/mol. The van der Waals surface area contributed by atoms with Crippen LogP contribution in [0.1, 0.15) is 0 Å². The minimum absolute atomic E-state index is 0. The topological polar surface area (TPSA) is 9.23 Å². The van der Waals surface area contributed by atoms with Gasteiger partial charge in [0.1, 0.15) is 0 Å². The molecule has 4 heteroatoms. The van der Waals surface area contributed by atoms with E-state index in [-0.39, 0.29) is 24.8 Å². The van der Waals surface area contributed by atoms with Crippen molar-refractivity contribution in [3.63, 3.8) is 0 Å². The molecule has 84 valence electrons. The van der Waals surface area contributed by atoms with Crippen molar-refractivity contribution in [3.8, 4) is 5.75 Å². The van der Waals surface area contributed by atoms with Crippen molar-refractivity contribution in [1.82, 2.24) is 0 Å². The average Bonchev–Trinajstić information content (AvgIpc) is 2.29. The Labute approximate surface area is 117 Å². The van der Waals surface area contributed by atoms with Gasteiger partial charge in [-0.2, -0.15) is 0 Å². The van der Waals surface area contributed by atoms with Gasteiger partial charge in [0.15, 0.2) is 0 Å². The summed E-state index contributed by atoms with van der Waals surface area (Å²) < 4.78 is 7.03. The third-order valence-corrected chi connectivity index (χ3v) is 3.22. The molecule has 0 radical (unpaired) electrons. The van der Waals surface area contributed by atoms with Gasteiger partial charge in [-0.05, 0) is 0 Å². The van der Waals surface area contributed by atoms with Gasteiger partial charge in [0.25, 0.3) is 0 Å². The molecule has 0 bridgehead atoms. The molecule has 0 atom stereocenters. The second-order valence-corrected chi connectivity index (χ2v) is 4.42. The molecule has 0 fully saturated rings. The van der Waals surface area contributed by atoms with E-state index in [2.05, 4.69) is 12.1 Å². The van der Waals surface area contributed by atoms with Gasteiger partial charge >= 0.3 is 93.1 Å². The van der Waals surface area contributed by atoms with Crippen LogP contribution < -0.4 is 7.19 Å². The molecule has 0 N–H and O–H groups in total. The quantitative estimate of drug-likeness (QED) is 0.789. The second-order valence-electron chi connectivity index (χ2n) is 2.88. The van der Waals surface area contributed by atoms with Gasteiger partial charge in [-0.1, -0.05) is 0 Å². The van der Waals surface area contributed by atoms with Gasteiger partial charge < -0.3 is 0 Å². The summed E-state index contributed by atoms with van der Waals surface area (Å²) in [5.74, 6) is 0.969. The Balaban J connectivity index is 0.00000112. The maximum atomic E-state index is 5.72. The second kappa shape index (κ2) is 8.66. The van der Waals surface area contributed by atoms with Gasteiger partial charge in [-0.3, -0.25) is 0 Å². The summed E-state index contributed by atoms with van der Waals surface area (Å²) in [6, 6.07) is 20.3. The van der Waals surface area contributed by atoms with Crippen molar-refractivity contribution < 1.29 is 22.9 Å². The fourth-order valence-electron chi connectivity index (χ4n) is 1.11. The van der Waals surface area contributed by atoms with E-state index in [1.165, 1.54) is 3.87 Å². The van der Waals surface area contributed by atoms with Crippen LogP contribution in [0.3, 0.4) is 0 Å². The van der Waals surface area contributed by atoms with Crippen LogP contribution >= 0.6 is 24.8 Å². The summed E-state index contributed by atoms with van der Waals surface area (Å²) >= 11 is -0.486. The Hall–Kier alpha value is -0.466. The SMILES string of the molecule is Cl.Cl.c1ccc([O][Ti][c]2ccccc2)cc1. The number of hydrogen-bond acceptors (Lipinski definition) is 1. The molecule has 16 heavy (non-hydrogen) atoms. The molecule has 1 nitrogen and oxygen atoms in total. The maximum absolute atomic E-state index is 5.72. The molecule has 0 aromatic heterocycles. The molecule has 0 heterocycles. The summed E-state index contributed by atoms with van der Waals surface area (Å²) in [5.41, 5.74) is 0. The number of benzene rings is 2. The van der Waals surface area contributed by atoms with Gasteiger partial charge in [-0.25, -0.2) is 0 Å². The zero-order valence-corrected chi connectivity index (χ0v) is 11.7. The molecule has 0 saturated carbocycles. The van der Waals surface area contributed by atoms with Crippen LogP contribution in [-0.2, 0) is 19.5 Å². The van der Waals surface area contributed by atoms with Crippen LogP contribution in [0.2, 0.25) is 0 Å². The molecule has 2 rings (SSSR count). The van der Waals surface area contributed by atoms with E-state index in [4.69, 9.17) is 3.32 Å². The molecule has 2 aromatic rings. The van der Waals surface area contributed by atoms with Gasteiger partial charge in [0, 0.05) is 0 Å². The van der Waals surface area contributed by atoms with Gasteiger partial charge in [-0.15, -0.1) is 24.8 Å². The van der Waals surface area contributed by atoms with E-state index in [1.54, 1.807) is 0 Å². The molecule has 0 aliphatic heterocycles. The minimum atomic E-state index is -0.486. The van der Waals surface area contributed by atoms with Crippen LogP contribution in [0.5, 0.6) is 5.75 Å². The van der Waals surface area contributed by atoms with Crippen molar-refractivity contribution in [2.75, 3.05) is 0 Å². The molecule has 2 aromatic carbocycles. The predicted octanol–water partition coefficient (Wildman–Crippen LogP) is 3.23. The van der Waals surface area contributed by atoms with Crippen LogP contribution in [0.4, 0.5) is 0 Å². The summed E-state index contributed by atoms with van der Waals surface area (Å²) in [7, 11) is 0. The van der Waals surface area contributed by atoms with E-state index >= 15 is 0 Å². The van der Waals surface area contributed by atoms with E-state index in [0.717, 1.165) is 5.75 Å². The summed E-state index contributed by atoms with van der Waals surface area (Å²) in [4.78, 5) is 0. The molecule has 0 aliphatic rings. The first-order chi connectivity index (χ1) is 6.95. The first-order valence-corrected chi connectivity index (χ1v) is 5.90. The Bertz CT molecular complexity index is 341. The van der Waals surface area contributed by atoms with Crippen LogP contribution in [-0.4, -0.2) is 0 Å². The molecule has 0 unspecified atom stereocenters. The summed E-state index contributed by atoms with van der Waals surface area (Å²) in [6.07, 6.45) is 0. The molecular formula is C12H12Cl2OTi. The molecule has 0 amide bonds. The third-order valence-electron chi connectivity index (χ3n) is 1.80. The number of hydrogen-bond donors (Lipinski definition) is 0. The van der Waals surface area contributed by atoms with Gasteiger partial charge in [0.05, 0.1) is 0 Å². The Morgan fingerprint density at radius 3 is 1.75 bits per heavy atom. The van der Waals surface area contributed by atoms with E-state index in [9.17, 15) is 0 Å². The van der Waals surface area contributed by atoms with Gasteiger partial charge in [0.2, 0.25) is 0 Å². The van der Waals surface area contributed by atoms with E-state index in [0.29, 0.717) is 0 Å². The Morgan fingerprint density at radius 2 is 1.19 bits per heavy atom. The molecule has 0 saturated heterocycles. The standard InChI is InChI=1S/C6H6O.C6H5.2ClH.Ti/c7-6-4-2-1-3-5-6;1-2-4-6-5-3-1;;;/h1-5,7H;1-5H;2*1H;/q;;;;+1/p-1. The summed E-state index contributed by atoms with van der Waals surface area (Å²) in [5, 5.41) is 0. The first-order valence-electron chi connectivity index (χ1n) is 4.48. The van der Waals surface area contributed by atoms with Crippen molar-refractivity contribution >= 4 is 28.7 Å². The Kier molecular flexibility index (Phi) is 8.41. The number of para-hydroxylation sites is 1. The fourth-order valence-corrected chi connectivity index (χ4v) is 2.21. The number of halogens is 2. The fraction of sp³-hybridized carbons (Fsp3) is 0. The van der Waals surface area contributed by atoms with Crippen molar-refractivity contribution in [1.29, 1.82) is 0 Å². The molecule has 0 spiro atoms. The van der Waals surface area contributed by atoms with Crippen LogP contribution in [0.25, 0.3) is 0 Å². The zero-order valence-electron chi connectivity index (χ0n) is 8.50. The molecule has 0 aliphatic carbocycles. The van der Waals surface area contributed by atoms with Crippen molar-refractivity contribution in [3.05, 3.63) is 60.7 Å². The summed E-state index contributed by atoms with van der Waals surface area (Å²) in [6.45, 7) is 0. The van der Waals surface area contributed by atoms with Crippen molar-refractivity contribution in [2.24, 2.45) is 0 Å². The predicted molar refractivity (Wildman–Crippen MR) is 67.6 cm³/mol. The van der Waals surface area contributed by atoms with Crippen LogP contribution in [0.15, 0.2) is 60.7 Å². The van der Waals surface area contributed by atoms with Crippen molar-refractivity contribution in [2.45, 2.75) is 0 Å². The van der Waals surface area contributed by atoms with E-state index in [1.807, 2.05) is 48.5 Å². The third kappa shape index (κ3) is 5.04. The van der Waals surface area contributed by atoms with Crippen LogP contribution in [0, 0.1) is 0 Å². The average molecular weight is 291 g/mol. The normalized spacial score (nSPS) is 8.25. The zero-order chi connectivity index (χ0) is 9.64. The number of rotatable bonds is 3. The first kappa shape index (κ1) is 15.5. The van der Waals surface area contributed by atoms with E-state index < -0.39 is 19.5 Å². The Morgan fingerprint density at radius 1 is 0.688 bits per heavy atom.